The topological polar surface area (TPSA) is 16.1 Å². The number of alkyl halides is 1. The van der Waals surface area contributed by atoms with Crippen LogP contribution in [0.5, 0.6) is 0 Å². The molecule has 0 aliphatic carbocycles. The zero-order valence-corrected chi connectivity index (χ0v) is 12.9. The maximum Gasteiger partial charge on any atom is 0.133 e. The van der Waals surface area contributed by atoms with Crippen molar-refractivity contribution >= 4 is 28.3 Å². The lowest BCUT2D eigenvalue weighted by atomic mass is 9.88. The van der Waals surface area contributed by atoms with Crippen molar-refractivity contribution in [1.29, 1.82) is 0 Å². The van der Waals surface area contributed by atoms with Gasteiger partial charge in [-0.25, -0.2) is 4.98 Å². The molecule has 2 heterocycles. The lowest BCUT2D eigenvalue weighted by Crippen LogP contribution is -2.39. The van der Waals surface area contributed by atoms with Crippen LogP contribution in [0.3, 0.4) is 0 Å². The van der Waals surface area contributed by atoms with Crippen molar-refractivity contribution < 1.29 is 0 Å². The molecule has 0 bridgehead atoms. The Hall–Kier alpha value is -1.28. The van der Waals surface area contributed by atoms with Crippen molar-refractivity contribution in [2.75, 3.05) is 18.0 Å². The fourth-order valence-corrected chi connectivity index (χ4v) is 3.17. The van der Waals surface area contributed by atoms with Crippen LogP contribution in [0.1, 0.15) is 25.8 Å². The van der Waals surface area contributed by atoms with E-state index in [1.165, 1.54) is 11.8 Å². The summed E-state index contributed by atoms with van der Waals surface area (Å²) in [7, 11) is 0. The number of benzene rings is 1. The van der Waals surface area contributed by atoms with Crippen LogP contribution in [0.4, 0.5) is 5.82 Å². The minimum absolute atomic E-state index is 0.521. The zero-order valence-electron chi connectivity index (χ0n) is 12.1. The van der Waals surface area contributed by atoms with Crippen LogP contribution < -0.4 is 4.90 Å². The van der Waals surface area contributed by atoms with E-state index in [1.54, 1.807) is 0 Å². The lowest BCUT2D eigenvalue weighted by molar-refractivity contribution is 0.322. The first-order valence-electron chi connectivity index (χ1n) is 7.38. The Morgan fingerprint density at radius 2 is 2.05 bits per heavy atom. The largest absolute Gasteiger partial charge is 0.356 e. The van der Waals surface area contributed by atoms with Crippen LogP contribution >= 0.6 is 11.6 Å². The van der Waals surface area contributed by atoms with Gasteiger partial charge in [-0.1, -0.05) is 32.0 Å². The van der Waals surface area contributed by atoms with Gasteiger partial charge in [0.05, 0.1) is 11.4 Å². The number of hydrogen-bond donors (Lipinski definition) is 0. The molecule has 106 valence electrons. The van der Waals surface area contributed by atoms with Gasteiger partial charge in [-0.3, -0.25) is 0 Å². The average molecular weight is 289 g/mol. The molecule has 1 aliphatic rings. The molecular weight excluding hydrogens is 268 g/mol. The summed E-state index contributed by atoms with van der Waals surface area (Å²) in [5.74, 6) is 3.11. The molecule has 1 aromatic carbocycles. The summed E-state index contributed by atoms with van der Waals surface area (Å²) in [5, 5.41) is 1.17. The normalized spacial score (nSPS) is 23.2. The molecule has 3 rings (SSSR count). The molecule has 0 N–H and O–H groups in total. The second kappa shape index (κ2) is 5.61. The summed E-state index contributed by atoms with van der Waals surface area (Å²) in [6.45, 7) is 6.84. The Bertz CT molecular complexity index is 611. The van der Waals surface area contributed by atoms with Crippen LogP contribution in [0.15, 0.2) is 30.3 Å². The smallest absolute Gasteiger partial charge is 0.133 e. The molecule has 1 saturated heterocycles. The zero-order chi connectivity index (χ0) is 14.1. The van der Waals surface area contributed by atoms with E-state index in [4.69, 9.17) is 16.6 Å². The number of fused-ring (bicyclic) bond motifs is 1. The highest BCUT2D eigenvalue weighted by atomic mass is 35.5. The summed E-state index contributed by atoms with van der Waals surface area (Å²) >= 11 is 6.15. The van der Waals surface area contributed by atoms with E-state index >= 15 is 0 Å². The fourth-order valence-electron chi connectivity index (χ4n) is 2.98. The van der Waals surface area contributed by atoms with Gasteiger partial charge in [0.25, 0.3) is 0 Å². The van der Waals surface area contributed by atoms with E-state index < -0.39 is 0 Å². The summed E-state index contributed by atoms with van der Waals surface area (Å²) in [5.41, 5.74) is 2.20. The molecule has 2 nitrogen and oxygen atoms in total. The van der Waals surface area contributed by atoms with E-state index in [0.29, 0.717) is 11.8 Å². The van der Waals surface area contributed by atoms with Crippen LogP contribution in [0, 0.1) is 11.8 Å². The summed E-state index contributed by atoms with van der Waals surface area (Å²) in [6, 6.07) is 10.5. The maximum absolute atomic E-state index is 6.15. The van der Waals surface area contributed by atoms with Crippen molar-refractivity contribution in [3.8, 4) is 0 Å². The first kappa shape index (κ1) is 13.7. The van der Waals surface area contributed by atoms with Gasteiger partial charge in [0.15, 0.2) is 0 Å². The van der Waals surface area contributed by atoms with Crippen LogP contribution in [0.25, 0.3) is 10.9 Å². The number of para-hydroxylation sites is 1. The third-order valence-corrected chi connectivity index (χ3v) is 4.85. The third kappa shape index (κ3) is 2.49. The van der Waals surface area contributed by atoms with E-state index in [2.05, 4.69) is 36.9 Å². The van der Waals surface area contributed by atoms with Crippen LogP contribution in [0.2, 0.25) is 0 Å². The molecule has 2 aromatic rings. The van der Waals surface area contributed by atoms with Crippen molar-refractivity contribution in [2.45, 2.75) is 26.1 Å². The molecule has 0 saturated carbocycles. The maximum atomic E-state index is 6.15. The third-order valence-electron chi connectivity index (χ3n) is 4.56. The predicted octanol–water partition coefficient (Wildman–Crippen LogP) is 4.46. The highest BCUT2D eigenvalue weighted by molar-refractivity contribution is 6.17. The molecule has 0 radical (unpaired) electrons. The Morgan fingerprint density at radius 1 is 1.25 bits per heavy atom. The molecule has 1 aliphatic heterocycles. The van der Waals surface area contributed by atoms with E-state index in [9.17, 15) is 0 Å². The molecule has 20 heavy (non-hydrogen) atoms. The Balaban J connectivity index is 2.01. The molecular formula is C17H21ClN2. The van der Waals surface area contributed by atoms with Crippen molar-refractivity contribution in [3.05, 3.63) is 35.9 Å². The molecule has 2 atom stereocenters. The highest BCUT2D eigenvalue weighted by Gasteiger charge is 2.25. The quantitative estimate of drug-likeness (QED) is 0.759. The Labute approximate surface area is 125 Å². The van der Waals surface area contributed by atoms with E-state index in [1.807, 2.05) is 12.1 Å². The molecule has 0 amide bonds. The van der Waals surface area contributed by atoms with Gasteiger partial charge >= 0.3 is 0 Å². The summed E-state index contributed by atoms with van der Waals surface area (Å²) in [6.07, 6.45) is 1.23. The van der Waals surface area contributed by atoms with Crippen molar-refractivity contribution in [2.24, 2.45) is 11.8 Å². The van der Waals surface area contributed by atoms with Gasteiger partial charge in [0.1, 0.15) is 5.82 Å². The minimum Gasteiger partial charge on any atom is -0.356 e. The number of halogens is 1. The second-order valence-electron chi connectivity index (χ2n) is 5.99. The Kier molecular flexibility index (Phi) is 3.84. The average Bonchev–Trinajstić information content (AvgIpc) is 2.48. The van der Waals surface area contributed by atoms with Gasteiger partial charge in [-0.15, -0.1) is 11.6 Å². The van der Waals surface area contributed by atoms with Gasteiger partial charge in [-0.05, 0) is 30.4 Å². The molecule has 0 spiro atoms. The van der Waals surface area contributed by atoms with Gasteiger partial charge in [0, 0.05) is 24.0 Å². The van der Waals surface area contributed by atoms with Crippen molar-refractivity contribution in [1.82, 2.24) is 4.98 Å². The first-order valence-corrected chi connectivity index (χ1v) is 7.92. The number of hydrogen-bond acceptors (Lipinski definition) is 2. The summed E-state index contributed by atoms with van der Waals surface area (Å²) in [4.78, 5) is 7.28. The minimum atomic E-state index is 0.521. The number of anilines is 1. The number of aromatic nitrogens is 1. The van der Waals surface area contributed by atoms with Crippen molar-refractivity contribution in [3.63, 3.8) is 0 Å². The predicted molar refractivity (Wildman–Crippen MR) is 86.5 cm³/mol. The summed E-state index contributed by atoms with van der Waals surface area (Å²) < 4.78 is 0. The van der Waals surface area contributed by atoms with Crippen LogP contribution in [-0.2, 0) is 5.88 Å². The SMILES string of the molecule is CC1CCN(c2nc3ccccc3cc2CCl)CC1C. The number of nitrogens with zero attached hydrogens (tertiary/aromatic N) is 2. The number of pyridine rings is 1. The molecule has 2 unspecified atom stereocenters. The Morgan fingerprint density at radius 3 is 2.80 bits per heavy atom. The molecule has 1 aromatic heterocycles. The van der Waals surface area contributed by atoms with Gasteiger partial charge < -0.3 is 4.90 Å². The van der Waals surface area contributed by atoms with Gasteiger partial charge in [-0.2, -0.15) is 0 Å². The molecule has 1 fully saturated rings. The standard InChI is InChI=1S/C17H21ClN2/c1-12-7-8-20(11-13(12)2)17-15(10-18)9-14-5-3-4-6-16(14)19-17/h3-6,9,12-13H,7-8,10-11H2,1-2H3. The van der Waals surface area contributed by atoms with Crippen LogP contribution in [-0.4, -0.2) is 18.1 Å². The monoisotopic (exact) mass is 288 g/mol. The number of rotatable bonds is 2. The van der Waals surface area contributed by atoms with E-state index in [0.717, 1.165) is 35.9 Å². The number of piperidine rings is 1. The van der Waals surface area contributed by atoms with E-state index in [-0.39, 0.29) is 0 Å². The fraction of sp³-hybridized carbons (Fsp3) is 0.471. The first-order chi connectivity index (χ1) is 9.69. The lowest BCUT2D eigenvalue weighted by Gasteiger charge is -2.37. The van der Waals surface area contributed by atoms with Gasteiger partial charge in [0.2, 0.25) is 0 Å². The molecule has 3 heteroatoms. The highest BCUT2D eigenvalue weighted by Crippen LogP contribution is 2.30. The second-order valence-corrected chi connectivity index (χ2v) is 6.25.